The van der Waals surface area contributed by atoms with Crippen molar-refractivity contribution in [3.05, 3.63) is 11.2 Å². The predicted octanol–water partition coefficient (Wildman–Crippen LogP) is 5.51. The topological polar surface area (TPSA) is 88.1 Å². The van der Waals surface area contributed by atoms with Crippen LogP contribution in [-0.4, -0.2) is 70.7 Å². The van der Waals surface area contributed by atoms with E-state index in [0.717, 1.165) is 57.4 Å². The van der Waals surface area contributed by atoms with Gasteiger partial charge in [0.15, 0.2) is 11.0 Å². The summed E-state index contributed by atoms with van der Waals surface area (Å²) >= 11 is 6.20. The van der Waals surface area contributed by atoms with Gasteiger partial charge in [0.2, 0.25) is 0 Å². The van der Waals surface area contributed by atoms with Crippen molar-refractivity contribution in [1.82, 2.24) is 15.1 Å². The molecule has 0 spiro atoms. The molecule has 3 aliphatic heterocycles. The average molecular weight is 522 g/mol. The summed E-state index contributed by atoms with van der Waals surface area (Å²) in [7, 11) is 0. The molecule has 36 heavy (non-hydrogen) atoms. The Morgan fingerprint density at radius 2 is 1.56 bits per heavy atom. The van der Waals surface area contributed by atoms with Gasteiger partial charge < -0.3 is 19.3 Å². The summed E-state index contributed by atoms with van der Waals surface area (Å²) in [5, 5.41) is 8.57. The molecule has 0 N–H and O–H groups in total. The fraction of sp³-hybridized carbons (Fsp3) is 0.769. The Balaban J connectivity index is 1.38. The van der Waals surface area contributed by atoms with E-state index in [9.17, 15) is 9.59 Å². The number of carbonyl (C=O) groups is 2. The number of piperidine rings is 2. The Kier molecular flexibility index (Phi) is 7.60. The number of halogens is 1. The molecular weight excluding hydrogens is 482 g/mol. The number of likely N-dealkylation sites (tertiary alicyclic amines) is 1. The van der Waals surface area contributed by atoms with Gasteiger partial charge in [-0.3, -0.25) is 4.90 Å². The van der Waals surface area contributed by atoms with Crippen molar-refractivity contribution in [3.8, 4) is 0 Å². The number of aromatic nitrogens is 2. The van der Waals surface area contributed by atoms with E-state index in [0.29, 0.717) is 29.4 Å². The maximum absolute atomic E-state index is 13.0. The van der Waals surface area contributed by atoms with E-state index in [1.54, 1.807) is 11.0 Å². The lowest BCUT2D eigenvalue weighted by Gasteiger charge is -2.47. The SMILES string of the molecule is CC(C)(C)OC(=O)N1CCC(CC2CCN3c4cc(Cl)nnc4N(C(=O)OC(C)(C)C)CC3C2)CC1. The number of anilines is 2. The zero-order chi connectivity index (χ0) is 26.3. The number of rotatable bonds is 2. The summed E-state index contributed by atoms with van der Waals surface area (Å²) in [6.07, 6.45) is 4.60. The van der Waals surface area contributed by atoms with Crippen molar-refractivity contribution < 1.29 is 19.1 Å². The molecule has 2 amide bonds. The molecule has 2 saturated heterocycles. The molecule has 0 aromatic carbocycles. The first-order valence-electron chi connectivity index (χ1n) is 13.1. The smallest absolute Gasteiger partial charge is 0.416 e. The Morgan fingerprint density at radius 3 is 2.19 bits per heavy atom. The van der Waals surface area contributed by atoms with Crippen LogP contribution in [0.1, 0.15) is 73.6 Å². The molecule has 9 nitrogen and oxygen atoms in total. The van der Waals surface area contributed by atoms with Crippen molar-refractivity contribution in [2.75, 3.05) is 36.0 Å². The number of hydrogen-bond acceptors (Lipinski definition) is 7. The largest absolute Gasteiger partial charge is 0.444 e. The van der Waals surface area contributed by atoms with E-state index in [1.807, 2.05) is 46.4 Å². The van der Waals surface area contributed by atoms with E-state index in [2.05, 4.69) is 15.1 Å². The van der Waals surface area contributed by atoms with Crippen LogP contribution in [0, 0.1) is 11.8 Å². The lowest BCUT2D eigenvalue weighted by Crippen LogP contribution is -2.55. The lowest BCUT2D eigenvalue weighted by molar-refractivity contribution is 0.0172. The molecule has 1 aromatic rings. The number of hydrogen-bond donors (Lipinski definition) is 0. The third-order valence-electron chi connectivity index (χ3n) is 7.05. The van der Waals surface area contributed by atoms with Gasteiger partial charge in [-0.2, -0.15) is 0 Å². The van der Waals surface area contributed by atoms with E-state index in [-0.39, 0.29) is 12.1 Å². The first-order chi connectivity index (χ1) is 16.8. The van der Waals surface area contributed by atoms with Crippen molar-refractivity contribution in [2.24, 2.45) is 11.8 Å². The molecule has 1 aromatic heterocycles. The van der Waals surface area contributed by atoms with E-state index in [1.165, 1.54) is 0 Å². The molecule has 0 saturated carbocycles. The van der Waals surface area contributed by atoms with Gasteiger partial charge in [0, 0.05) is 31.7 Å². The molecule has 3 aliphatic rings. The molecule has 10 heteroatoms. The lowest BCUT2D eigenvalue weighted by atomic mass is 9.80. The Bertz CT molecular complexity index is 968. The predicted molar refractivity (Wildman–Crippen MR) is 140 cm³/mol. The number of fused-ring (bicyclic) bond motifs is 3. The molecule has 4 rings (SSSR count). The number of nitrogens with zero attached hydrogens (tertiary/aromatic N) is 5. The summed E-state index contributed by atoms with van der Waals surface area (Å²) in [5.41, 5.74) is -0.220. The maximum atomic E-state index is 13.0. The highest BCUT2D eigenvalue weighted by molar-refractivity contribution is 6.29. The van der Waals surface area contributed by atoms with Gasteiger partial charge >= 0.3 is 12.2 Å². The second-order valence-electron chi connectivity index (χ2n) is 12.4. The molecule has 200 valence electrons. The van der Waals surface area contributed by atoms with Crippen molar-refractivity contribution in [3.63, 3.8) is 0 Å². The quantitative estimate of drug-likeness (QED) is 0.507. The van der Waals surface area contributed by atoms with Crippen LogP contribution >= 0.6 is 11.6 Å². The number of carbonyl (C=O) groups excluding carboxylic acids is 2. The van der Waals surface area contributed by atoms with Crippen LogP contribution in [0.4, 0.5) is 21.1 Å². The third kappa shape index (κ3) is 6.52. The minimum absolute atomic E-state index is 0.172. The van der Waals surface area contributed by atoms with Gasteiger partial charge in [-0.15, -0.1) is 10.2 Å². The minimum Gasteiger partial charge on any atom is -0.444 e. The van der Waals surface area contributed by atoms with E-state index >= 15 is 0 Å². The zero-order valence-corrected chi connectivity index (χ0v) is 23.2. The summed E-state index contributed by atoms with van der Waals surface area (Å²) < 4.78 is 11.2. The second kappa shape index (κ2) is 10.2. The van der Waals surface area contributed by atoms with Gasteiger partial charge in [0.25, 0.3) is 0 Å². The second-order valence-corrected chi connectivity index (χ2v) is 12.7. The normalized spacial score (nSPS) is 23.1. The van der Waals surface area contributed by atoms with Crippen LogP contribution < -0.4 is 9.80 Å². The summed E-state index contributed by atoms with van der Waals surface area (Å²) in [5.74, 6) is 1.67. The van der Waals surface area contributed by atoms with E-state index < -0.39 is 17.3 Å². The van der Waals surface area contributed by atoms with Crippen molar-refractivity contribution >= 4 is 35.3 Å². The molecule has 2 fully saturated rings. The summed E-state index contributed by atoms with van der Waals surface area (Å²) in [6, 6.07) is 1.98. The van der Waals surface area contributed by atoms with E-state index in [4.69, 9.17) is 21.1 Å². The van der Waals surface area contributed by atoms with Gasteiger partial charge in [0.1, 0.15) is 11.2 Å². The molecule has 0 radical (unpaired) electrons. The minimum atomic E-state index is -0.600. The van der Waals surface area contributed by atoms with Gasteiger partial charge in [-0.1, -0.05) is 11.6 Å². The molecular formula is C26H40ClN5O4. The van der Waals surface area contributed by atoms with Gasteiger partial charge in [-0.25, -0.2) is 9.59 Å². The average Bonchev–Trinajstić information content (AvgIpc) is 2.76. The fourth-order valence-corrected chi connectivity index (χ4v) is 5.66. The molecule has 2 atom stereocenters. The highest BCUT2D eigenvalue weighted by Crippen LogP contribution is 2.41. The zero-order valence-electron chi connectivity index (χ0n) is 22.4. The van der Waals surface area contributed by atoms with Crippen LogP contribution in [0.3, 0.4) is 0 Å². The van der Waals surface area contributed by atoms with Crippen LogP contribution in [-0.2, 0) is 9.47 Å². The monoisotopic (exact) mass is 521 g/mol. The molecule has 0 bridgehead atoms. The number of ether oxygens (including phenoxy) is 2. The van der Waals surface area contributed by atoms with Crippen LogP contribution in [0.25, 0.3) is 0 Å². The van der Waals surface area contributed by atoms with Crippen LogP contribution in [0.2, 0.25) is 5.15 Å². The summed E-state index contributed by atoms with van der Waals surface area (Å²) in [6.45, 7) is 14.2. The van der Waals surface area contributed by atoms with Crippen molar-refractivity contribution in [1.29, 1.82) is 0 Å². The Morgan fingerprint density at radius 1 is 0.944 bits per heavy atom. The van der Waals surface area contributed by atoms with Gasteiger partial charge in [0.05, 0.1) is 12.2 Å². The standard InChI is InChI=1S/C26H40ClN5O4/c1-25(2,3)35-23(33)30-10-7-17(8-11-30)13-18-9-12-31-19(14-18)16-32(24(34)36-26(4,5)6)22-20(31)15-21(27)28-29-22/h15,17-19H,7-14,16H2,1-6H3. The van der Waals surface area contributed by atoms with Crippen LogP contribution in [0.15, 0.2) is 6.07 Å². The fourth-order valence-electron chi connectivity index (χ4n) is 5.52. The first-order valence-corrected chi connectivity index (χ1v) is 13.4. The Hall–Kier alpha value is -2.29. The van der Waals surface area contributed by atoms with Crippen molar-refractivity contribution in [2.45, 2.75) is 90.9 Å². The van der Waals surface area contributed by atoms with Crippen LogP contribution in [0.5, 0.6) is 0 Å². The summed E-state index contributed by atoms with van der Waals surface area (Å²) in [4.78, 5) is 31.2. The van der Waals surface area contributed by atoms with Gasteiger partial charge in [-0.05, 0) is 85.5 Å². The molecule has 4 heterocycles. The molecule has 0 aliphatic carbocycles. The first kappa shape index (κ1) is 26.8. The third-order valence-corrected chi connectivity index (χ3v) is 7.24. The highest BCUT2D eigenvalue weighted by atomic mass is 35.5. The maximum Gasteiger partial charge on any atom is 0.416 e. The highest BCUT2D eigenvalue weighted by Gasteiger charge is 2.41. The Labute approximate surface area is 219 Å². The number of amides is 2. The molecule has 2 unspecified atom stereocenters.